The summed E-state index contributed by atoms with van der Waals surface area (Å²) in [5.41, 5.74) is 3.90. The monoisotopic (exact) mass is 607 g/mol. The van der Waals surface area contributed by atoms with Crippen molar-refractivity contribution < 1.29 is 15.1 Å². The summed E-state index contributed by atoms with van der Waals surface area (Å²) < 4.78 is 3.46. The molecule has 0 saturated carbocycles. The zero-order valence-corrected chi connectivity index (χ0v) is 22.2. The molecular weight excluding hydrogens is 586 g/mol. The zero-order chi connectivity index (χ0) is 25.1. The summed E-state index contributed by atoms with van der Waals surface area (Å²) in [6.45, 7) is 0. The van der Waals surface area contributed by atoms with Crippen LogP contribution in [0.2, 0.25) is 0 Å². The molecule has 7 nitrogen and oxygen atoms in total. The number of hydrogen-bond acceptors (Lipinski definition) is 4. The molecular formula is C26H21Cl2N5O2Ru. The quantitative estimate of drug-likeness (QED) is 0.170. The molecule has 4 heterocycles. The van der Waals surface area contributed by atoms with E-state index in [-0.39, 0.29) is 15.1 Å². The molecule has 0 radical (unpaired) electrons. The topological polar surface area (TPSA) is 84.5 Å². The number of imidazole rings is 2. The first kappa shape index (κ1) is 24.6. The van der Waals surface area contributed by atoms with Gasteiger partial charge in [0.2, 0.25) is 0 Å². The average Bonchev–Trinajstić information content (AvgIpc) is 3.50. The Morgan fingerprint density at radius 3 is 1.42 bits per heavy atom. The van der Waals surface area contributed by atoms with E-state index < -0.39 is 11.1 Å². The molecule has 0 saturated heterocycles. The molecule has 10 heteroatoms. The minimum atomic E-state index is -0.423. The van der Waals surface area contributed by atoms with Gasteiger partial charge < -0.3 is 0 Å². The Labute approximate surface area is 221 Å². The van der Waals surface area contributed by atoms with Crippen LogP contribution in [-0.2, 0) is 15.1 Å². The molecule has 1 N–H and O–H groups in total. The van der Waals surface area contributed by atoms with E-state index in [1.165, 1.54) is 25.7 Å². The van der Waals surface area contributed by atoms with Gasteiger partial charge in [0.15, 0.2) is 11.3 Å². The standard InChI is InChI=1S/C18H9N5O2.C8H12.2ClH.Ru/c24-17-13-14(18(25)21-17)23-12-8-4-2-6-10(12)20-16(23)15-19-9-5-1-3-7-11(9)22(13)15;1-2-4-6-8-7-5-3-1;;;/h1-8H,(H,21,24,25);1-2,7-8H,3-6H2;2*1H;/q;;;;+2/p-2/b;2-1-,8-7-;;;. The Bertz CT molecular complexity index is 1710. The van der Waals surface area contributed by atoms with Crippen LogP contribution in [0.5, 0.6) is 0 Å². The van der Waals surface area contributed by atoms with Gasteiger partial charge >= 0.3 is 34.5 Å². The van der Waals surface area contributed by atoms with E-state index >= 15 is 0 Å². The SMILES string of the molecule is C1=C\CC/C=C\CC/1.O=c1[nH]c(=O)c2c1n1c3ccccc3nc1c1nc3ccccc3n12.[Cl][Ru][Cl]. The molecule has 184 valence electrons. The third-order valence-corrected chi connectivity index (χ3v) is 5.98. The van der Waals surface area contributed by atoms with Crippen LogP contribution in [-0.4, -0.2) is 23.8 Å². The van der Waals surface area contributed by atoms with Crippen molar-refractivity contribution in [3.63, 3.8) is 0 Å². The molecule has 0 fully saturated rings. The zero-order valence-electron chi connectivity index (χ0n) is 19.0. The molecule has 0 bridgehead atoms. The van der Waals surface area contributed by atoms with Crippen molar-refractivity contribution in [2.75, 3.05) is 0 Å². The fourth-order valence-corrected chi connectivity index (χ4v) is 4.51. The number of aromatic amines is 1. The molecule has 0 aliphatic heterocycles. The van der Waals surface area contributed by atoms with Crippen LogP contribution in [0.3, 0.4) is 0 Å². The number of fused-ring (bicyclic) bond motifs is 10. The molecule has 1 aliphatic carbocycles. The first-order chi connectivity index (χ1) is 17.7. The van der Waals surface area contributed by atoms with Crippen LogP contribution in [0.1, 0.15) is 25.7 Å². The number of hydrogen-bond donors (Lipinski definition) is 1. The molecule has 0 unspecified atom stereocenters. The number of nitrogens with one attached hydrogen (secondary N) is 1. The van der Waals surface area contributed by atoms with Crippen LogP contribution in [0.25, 0.3) is 44.4 Å². The molecule has 0 atom stereocenters. The molecule has 1 aliphatic rings. The second-order valence-electron chi connectivity index (χ2n) is 8.15. The molecule has 2 aromatic carbocycles. The second kappa shape index (κ2) is 10.9. The van der Waals surface area contributed by atoms with Crippen LogP contribution in [0, 0.1) is 0 Å². The molecule has 0 amide bonds. The normalized spacial score (nSPS) is 15.4. The average molecular weight is 607 g/mol. The van der Waals surface area contributed by atoms with Gasteiger partial charge in [0, 0.05) is 0 Å². The van der Waals surface area contributed by atoms with Gasteiger partial charge in [-0.25, -0.2) is 9.97 Å². The van der Waals surface area contributed by atoms with E-state index in [0.29, 0.717) is 22.3 Å². The summed E-state index contributed by atoms with van der Waals surface area (Å²) in [5.74, 6) is 0. The third-order valence-electron chi connectivity index (χ3n) is 5.98. The fourth-order valence-electron chi connectivity index (χ4n) is 4.51. The molecule has 6 aromatic rings. The number of nitrogens with zero attached hydrogens (tertiary/aromatic N) is 4. The van der Waals surface area contributed by atoms with Gasteiger partial charge in [-0.3, -0.25) is 23.4 Å². The van der Waals surface area contributed by atoms with Crippen molar-refractivity contribution in [3.8, 4) is 0 Å². The van der Waals surface area contributed by atoms with Crippen LogP contribution < -0.4 is 11.1 Å². The Balaban J connectivity index is 0.000000205. The van der Waals surface area contributed by atoms with Gasteiger partial charge in [-0.15, -0.1) is 0 Å². The summed E-state index contributed by atoms with van der Waals surface area (Å²) in [6, 6.07) is 15.0. The van der Waals surface area contributed by atoms with E-state index in [9.17, 15) is 9.59 Å². The summed E-state index contributed by atoms with van der Waals surface area (Å²) in [5, 5.41) is 0. The summed E-state index contributed by atoms with van der Waals surface area (Å²) in [7, 11) is 9.71. The van der Waals surface area contributed by atoms with Gasteiger partial charge in [0.1, 0.15) is 11.0 Å². The minimum absolute atomic E-state index is 0.296. The maximum atomic E-state index is 12.5. The van der Waals surface area contributed by atoms with Gasteiger partial charge in [0.05, 0.1) is 22.1 Å². The first-order valence-corrected chi connectivity index (χ1v) is 15.8. The predicted octanol–water partition coefficient (Wildman–Crippen LogP) is 5.98. The van der Waals surface area contributed by atoms with Crippen molar-refractivity contribution in [3.05, 3.63) is 93.5 Å². The van der Waals surface area contributed by atoms with Gasteiger partial charge in [-0.05, 0) is 49.9 Å². The summed E-state index contributed by atoms with van der Waals surface area (Å²) in [6.07, 6.45) is 14.0. The van der Waals surface area contributed by atoms with E-state index in [4.69, 9.17) is 19.4 Å². The van der Waals surface area contributed by atoms with Crippen LogP contribution in [0.15, 0.2) is 82.4 Å². The Kier molecular flexibility index (Phi) is 7.47. The van der Waals surface area contributed by atoms with Crippen molar-refractivity contribution >= 4 is 63.8 Å². The second-order valence-corrected chi connectivity index (χ2v) is 10.8. The number of aromatic nitrogens is 5. The van der Waals surface area contributed by atoms with E-state index in [1.807, 2.05) is 48.5 Å². The van der Waals surface area contributed by atoms with Gasteiger partial charge in [-0.2, -0.15) is 0 Å². The number of benzene rings is 2. The number of allylic oxidation sites excluding steroid dienone is 4. The summed E-state index contributed by atoms with van der Waals surface area (Å²) in [4.78, 5) is 36.8. The van der Waals surface area contributed by atoms with Crippen molar-refractivity contribution in [2.24, 2.45) is 0 Å². The molecule has 36 heavy (non-hydrogen) atoms. The third kappa shape index (κ3) is 4.45. The molecule has 0 spiro atoms. The molecule has 7 rings (SSSR count). The Morgan fingerprint density at radius 1 is 0.667 bits per heavy atom. The number of para-hydroxylation sites is 4. The van der Waals surface area contributed by atoms with Gasteiger partial charge in [0.25, 0.3) is 11.1 Å². The van der Waals surface area contributed by atoms with E-state index in [1.54, 1.807) is 8.80 Å². The maximum absolute atomic E-state index is 12.5. The number of H-pyrrole nitrogens is 1. The van der Waals surface area contributed by atoms with Gasteiger partial charge in [-0.1, -0.05) is 48.6 Å². The Morgan fingerprint density at radius 2 is 1.03 bits per heavy atom. The first-order valence-electron chi connectivity index (χ1n) is 11.4. The van der Waals surface area contributed by atoms with Crippen LogP contribution in [0.4, 0.5) is 0 Å². The van der Waals surface area contributed by atoms with Crippen molar-refractivity contribution in [1.82, 2.24) is 23.8 Å². The fraction of sp³-hybridized carbons (Fsp3) is 0.154. The van der Waals surface area contributed by atoms with E-state index in [0.717, 1.165) is 22.1 Å². The molecule has 4 aromatic heterocycles. The van der Waals surface area contributed by atoms with Crippen molar-refractivity contribution in [2.45, 2.75) is 25.7 Å². The van der Waals surface area contributed by atoms with E-state index in [2.05, 4.69) is 39.3 Å². The van der Waals surface area contributed by atoms with Crippen molar-refractivity contribution in [1.29, 1.82) is 0 Å². The predicted molar refractivity (Wildman–Crippen MR) is 143 cm³/mol. The van der Waals surface area contributed by atoms with Crippen LogP contribution >= 0.6 is 19.4 Å². The summed E-state index contributed by atoms with van der Waals surface area (Å²) >= 11 is -0.346. The Hall–Kier alpha value is -3.06. The number of rotatable bonds is 0. The number of halogens is 2.